The van der Waals surface area contributed by atoms with E-state index in [1.54, 1.807) is 0 Å². The molecule has 0 aromatic carbocycles. The molecule has 0 saturated carbocycles. The van der Waals surface area contributed by atoms with E-state index in [1.807, 2.05) is 0 Å². The lowest BCUT2D eigenvalue weighted by atomic mass is 10.2. The van der Waals surface area contributed by atoms with Gasteiger partial charge in [-0.2, -0.15) is 0 Å². The Bertz CT molecular complexity index is 235. The van der Waals surface area contributed by atoms with Gasteiger partial charge in [0.05, 0.1) is 0 Å². The second kappa shape index (κ2) is 4.96. The SMILES string of the molecule is CCCCCCNP(=O)(N1CC1)N1CC1. The number of hydrogen-bond donors (Lipinski definition) is 1. The third-order valence-electron chi connectivity index (χ3n) is 2.96. The van der Waals surface area contributed by atoms with Crippen LogP contribution in [0.25, 0.3) is 0 Å². The summed E-state index contributed by atoms with van der Waals surface area (Å²) in [5.41, 5.74) is 0. The average Bonchev–Trinajstić information content (AvgIpc) is 3.07. The van der Waals surface area contributed by atoms with Gasteiger partial charge in [0.1, 0.15) is 0 Å². The van der Waals surface area contributed by atoms with Crippen molar-refractivity contribution in [2.75, 3.05) is 32.7 Å². The number of nitrogens with one attached hydrogen (secondary N) is 1. The van der Waals surface area contributed by atoms with Crippen molar-refractivity contribution in [3.05, 3.63) is 0 Å². The number of unbranched alkanes of at least 4 members (excludes halogenated alkanes) is 3. The molecule has 2 fully saturated rings. The van der Waals surface area contributed by atoms with Crippen molar-refractivity contribution >= 4 is 7.59 Å². The van der Waals surface area contributed by atoms with Gasteiger partial charge in [-0.05, 0) is 6.42 Å². The highest BCUT2D eigenvalue weighted by Crippen LogP contribution is 2.56. The maximum Gasteiger partial charge on any atom is 0.284 e. The Morgan fingerprint density at radius 1 is 1.07 bits per heavy atom. The molecule has 5 heteroatoms. The zero-order chi connectivity index (χ0) is 10.7. The summed E-state index contributed by atoms with van der Waals surface area (Å²) in [6.07, 6.45) is 4.96. The zero-order valence-corrected chi connectivity index (χ0v) is 10.5. The van der Waals surface area contributed by atoms with Gasteiger partial charge in [-0.3, -0.25) is 4.57 Å². The van der Waals surface area contributed by atoms with E-state index < -0.39 is 7.59 Å². The van der Waals surface area contributed by atoms with Crippen LogP contribution in [0.3, 0.4) is 0 Å². The van der Waals surface area contributed by atoms with Crippen molar-refractivity contribution in [2.24, 2.45) is 0 Å². The largest absolute Gasteiger partial charge is 0.284 e. The Morgan fingerprint density at radius 2 is 1.67 bits per heavy atom. The molecule has 0 aliphatic carbocycles. The first kappa shape index (κ1) is 11.6. The molecule has 2 heterocycles. The average molecular weight is 231 g/mol. The molecule has 0 unspecified atom stereocenters. The highest BCUT2D eigenvalue weighted by Gasteiger charge is 2.47. The standard InChI is InChI=1S/C10H22N3OP/c1-2-3-4-5-6-11-15(14,12-7-8-12)13-9-10-13/h2-10H2,1H3,(H,11,14). The van der Waals surface area contributed by atoms with Gasteiger partial charge >= 0.3 is 0 Å². The molecule has 15 heavy (non-hydrogen) atoms. The first-order valence-electron chi connectivity index (χ1n) is 6.13. The fraction of sp³-hybridized carbons (Fsp3) is 1.00. The quantitative estimate of drug-likeness (QED) is 0.393. The summed E-state index contributed by atoms with van der Waals surface area (Å²) in [5, 5.41) is 3.29. The van der Waals surface area contributed by atoms with Gasteiger partial charge in [-0.25, -0.2) is 14.4 Å². The molecule has 4 nitrogen and oxygen atoms in total. The molecule has 0 spiro atoms. The van der Waals surface area contributed by atoms with Crippen LogP contribution in [0.15, 0.2) is 0 Å². The molecule has 0 aromatic rings. The van der Waals surface area contributed by atoms with E-state index in [0.717, 1.165) is 39.1 Å². The smallest absolute Gasteiger partial charge is 0.270 e. The van der Waals surface area contributed by atoms with E-state index in [2.05, 4.69) is 21.4 Å². The zero-order valence-electron chi connectivity index (χ0n) is 9.61. The molecular weight excluding hydrogens is 209 g/mol. The second-order valence-electron chi connectivity index (χ2n) is 4.42. The van der Waals surface area contributed by atoms with Crippen LogP contribution in [0.1, 0.15) is 32.6 Å². The molecular formula is C10H22N3OP. The van der Waals surface area contributed by atoms with Crippen LogP contribution in [-0.4, -0.2) is 42.1 Å². The van der Waals surface area contributed by atoms with Gasteiger partial charge in [-0.15, -0.1) is 0 Å². The molecule has 2 aliphatic heterocycles. The first-order chi connectivity index (χ1) is 7.27. The lowest BCUT2D eigenvalue weighted by molar-refractivity contribution is 0.499. The molecule has 0 aromatic heterocycles. The van der Waals surface area contributed by atoms with E-state index >= 15 is 0 Å². The maximum absolute atomic E-state index is 12.5. The minimum atomic E-state index is -2.27. The van der Waals surface area contributed by atoms with Crippen LogP contribution in [0.4, 0.5) is 0 Å². The van der Waals surface area contributed by atoms with Crippen molar-refractivity contribution in [3.63, 3.8) is 0 Å². The summed E-state index contributed by atoms with van der Waals surface area (Å²) in [5.74, 6) is 0. The molecule has 88 valence electrons. The van der Waals surface area contributed by atoms with E-state index in [0.29, 0.717) is 0 Å². The van der Waals surface area contributed by atoms with Crippen LogP contribution < -0.4 is 5.09 Å². The fourth-order valence-electron chi connectivity index (χ4n) is 1.79. The first-order valence-corrected chi connectivity index (χ1v) is 7.74. The maximum atomic E-state index is 12.5. The van der Waals surface area contributed by atoms with Crippen LogP contribution >= 0.6 is 7.59 Å². The number of hydrogen-bond acceptors (Lipinski definition) is 1. The normalized spacial score (nSPS) is 21.9. The molecule has 1 N–H and O–H groups in total. The highest BCUT2D eigenvalue weighted by atomic mass is 31.2. The predicted molar refractivity (Wildman–Crippen MR) is 62.9 cm³/mol. The molecule has 2 aliphatic rings. The van der Waals surface area contributed by atoms with Crippen LogP contribution in [0.5, 0.6) is 0 Å². The number of nitrogens with zero attached hydrogens (tertiary/aromatic N) is 2. The van der Waals surface area contributed by atoms with E-state index in [9.17, 15) is 4.57 Å². The highest BCUT2D eigenvalue weighted by molar-refractivity contribution is 7.57. The monoisotopic (exact) mass is 231 g/mol. The van der Waals surface area contributed by atoms with Gasteiger partial charge in [-0.1, -0.05) is 26.2 Å². The topological polar surface area (TPSA) is 35.1 Å². The van der Waals surface area contributed by atoms with E-state index in [1.165, 1.54) is 19.3 Å². The Balaban J connectivity index is 1.68. The Morgan fingerprint density at radius 3 is 2.13 bits per heavy atom. The predicted octanol–water partition coefficient (Wildman–Crippen LogP) is 1.90. The number of rotatable bonds is 8. The summed E-state index contributed by atoms with van der Waals surface area (Å²) in [7, 11) is -2.27. The lowest BCUT2D eigenvalue weighted by Gasteiger charge is -2.20. The van der Waals surface area contributed by atoms with Gasteiger partial charge < -0.3 is 0 Å². The third kappa shape index (κ3) is 3.04. The van der Waals surface area contributed by atoms with Crippen molar-refractivity contribution < 1.29 is 4.57 Å². The van der Waals surface area contributed by atoms with E-state index in [4.69, 9.17) is 0 Å². The summed E-state index contributed by atoms with van der Waals surface area (Å²) in [4.78, 5) is 0. The molecule has 2 saturated heterocycles. The minimum Gasteiger partial charge on any atom is -0.270 e. The Kier molecular flexibility index (Phi) is 3.83. The van der Waals surface area contributed by atoms with Crippen molar-refractivity contribution in [3.8, 4) is 0 Å². The molecule has 0 radical (unpaired) electrons. The van der Waals surface area contributed by atoms with Crippen molar-refractivity contribution in [1.82, 2.24) is 14.4 Å². The summed E-state index contributed by atoms with van der Waals surface area (Å²) >= 11 is 0. The summed E-state index contributed by atoms with van der Waals surface area (Å²) in [6.45, 7) is 7.16. The van der Waals surface area contributed by atoms with Crippen LogP contribution in [-0.2, 0) is 4.57 Å². The Hall–Kier alpha value is 0.110. The van der Waals surface area contributed by atoms with Gasteiger partial charge in [0.15, 0.2) is 0 Å². The summed E-state index contributed by atoms with van der Waals surface area (Å²) < 4.78 is 16.7. The van der Waals surface area contributed by atoms with Crippen molar-refractivity contribution in [2.45, 2.75) is 32.6 Å². The third-order valence-corrected chi connectivity index (χ3v) is 5.93. The van der Waals surface area contributed by atoms with Gasteiger partial charge in [0.2, 0.25) is 0 Å². The lowest BCUT2D eigenvalue weighted by Crippen LogP contribution is -2.21. The molecule has 0 amide bonds. The van der Waals surface area contributed by atoms with Gasteiger partial charge in [0.25, 0.3) is 7.59 Å². The van der Waals surface area contributed by atoms with Crippen LogP contribution in [0.2, 0.25) is 0 Å². The molecule has 0 bridgehead atoms. The Labute approximate surface area is 92.5 Å². The van der Waals surface area contributed by atoms with Crippen LogP contribution in [0, 0.1) is 0 Å². The fourth-order valence-corrected chi connectivity index (χ4v) is 4.26. The van der Waals surface area contributed by atoms with Gasteiger partial charge in [0, 0.05) is 32.7 Å². The van der Waals surface area contributed by atoms with Crippen molar-refractivity contribution in [1.29, 1.82) is 0 Å². The summed E-state index contributed by atoms with van der Waals surface area (Å²) in [6, 6.07) is 0. The minimum absolute atomic E-state index is 0.907. The second-order valence-corrected chi connectivity index (χ2v) is 6.96. The van der Waals surface area contributed by atoms with E-state index in [-0.39, 0.29) is 0 Å². The molecule has 0 atom stereocenters. The molecule has 2 rings (SSSR count).